The van der Waals surface area contributed by atoms with Crippen molar-refractivity contribution in [2.24, 2.45) is 5.10 Å². The fourth-order valence-electron chi connectivity index (χ4n) is 2.53. The number of ether oxygens (including phenoxy) is 1. The van der Waals surface area contributed by atoms with Crippen molar-refractivity contribution in [3.05, 3.63) is 59.1 Å². The molecule has 1 N–H and O–H groups in total. The van der Waals surface area contributed by atoms with Crippen molar-refractivity contribution in [2.45, 2.75) is 13.8 Å². The lowest BCUT2D eigenvalue weighted by molar-refractivity contribution is -0.114. The second-order valence-corrected chi connectivity index (χ2v) is 5.64. The molecule has 2 heterocycles. The summed E-state index contributed by atoms with van der Waals surface area (Å²) in [6.07, 6.45) is 1.43. The summed E-state index contributed by atoms with van der Waals surface area (Å²) in [5.74, 6) is -2.09. The average molecular weight is 368 g/mol. The Bertz CT molecular complexity index is 986. The van der Waals surface area contributed by atoms with Crippen LogP contribution in [0.4, 0.5) is 5.69 Å². The first kappa shape index (κ1) is 18.1. The lowest BCUT2D eigenvalue weighted by Gasteiger charge is -2.12. The Morgan fingerprint density at radius 3 is 2.74 bits per heavy atom. The summed E-state index contributed by atoms with van der Waals surface area (Å²) in [6.45, 7) is 3.61. The van der Waals surface area contributed by atoms with Gasteiger partial charge in [0.05, 0.1) is 29.1 Å². The van der Waals surface area contributed by atoms with Crippen LogP contribution in [0, 0.1) is 0 Å². The van der Waals surface area contributed by atoms with Crippen LogP contribution in [0.3, 0.4) is 0 Å². The van der Waals surface area contributed by atoms with E-state index in [9.17, 15) is 14.4 Å². The number of hydrazone groups is 1. The molecule has 0 bridgehead atoms. The number of hydrogen-bond donors (Lipinski definition) is 1. The molecular formula is C19H16N2O6. The van der Waals surface area contributed by atoms with Crippen molar-refractivity contribution in [3.63, 3.8) is 0 Å². The molecule has 0 fully saturated rings. The Labute approximate surface area is 154 Å². The van der Waals surface area contributed by atoms with Crippen LogP contribution in [0.25, 0.3) is 6.08 Å². The van der Waals surface area contributed by atoms with E-state index >= 15 is 0 Å². The number of aromatic carboxylic acids is 1. The minimum atomic E-state index is -1.19. The number of nitrogens with zero attached hydrogens (tertiary/aromatic N) is 2. The minimum absolute atomic E-state index is 0.221. The van der Waals surface area contributed by atoms with Crippen LogP contribution < -0.4 is 5.01 Å². The van der Waals surface area contributed by atoms with Gasteiger partial charge >= 0.3 is 11.9 Å². The highest BCUT2D eigenvalue weighted by Gasteiger charge is 2.29. The number of esters is 1. The van der Waals surface area contributed by atoms with Crippen molar-refractivity contribution in [3.8, 4) is 0 Å². The molecular weight excluding hydrogens is 352 g/mol. The van der Waals surface area contributed by atoms with E-state index in [1.807, 2.05) is 0 Å². The summed E-state index contributed by atoms with van der Waals surface area (Å²) in [5, 5.41) is 14.3. The average Bonchev–Trinajstić information content (AvgIpc) is 3.22. The van der Waals surface area contributed by atoms with Crippen LogP contribution in [0.5, 0.6) is 0 Å². The summed E-state index contributed by atoms with van der Waals surface area (Å²) in [6, 6.07) is 9.15. The van der Waals surface area contributed by atoms with Gasteiger partial charge in [0.2, 0.25) is 5.76 Å². The van der Waals surface area contributed by atoms with Gasteiger partial charge in [-0.1, -0.05) is 6.07 Å². The number of carbonyl (C=O) groups excluding carboxylic acids is 2. The highest BCUT2D eigenvalue weighted by atomic mass is 16.5. The molecule has 0 aliphatic carbocycles. The Morgan fingerprint density at radius 1 is 1.30 bits per heavy atom. The van der Waals surface area contributed by atoms with Gasteiger partial charge in [-0.2, -0.15) is 10.1 Å². The first-order valence-corrected chi connectivity index (χ1v) is 8.12. The molecule has 0 atom stereocenters. The van der Waals surface area contributed by atoms with Crippen LogP contribution >= 0.6 is 0 Å². The molecule has 27 heavy (non-hydrogen) atoms. The molecule has 1 aromatic heterocycles. The van der Waals surface area contributed by atoms with E-state index in [-0.39, 0.29) is 23.7 Å². The van der Waals surface area contributed by atoms with Crippen LogP contribution in [-0.4, -0.2) is 35.3 Å². The maximum Gasteiger partial charge on any atom is 0.371 e. The summed E-state index contributed by atoms with van der Waals surface area (Å²) < 4.78 is 10.1. The van der Waals surface area contributed by atoms with Crippen LogP contribution in [0.2, 0.25) is 0 Å². The van der Waals surface area contributed by atoms with Gasteiger partial charge in [0, 0.05) is 0 Å². The van der Waals surface area contributed by atoms with Crippen molar-refractivity contribution >= 4 is 35.3 Å². The number of benzene rings is 1. The summed E-state index contributed by atoms with van der Waals surface area (Å²) in [5.41, 5.74) is 1.43. The van der Waals surface area contributed by atoms with E-state index in [4.69, 9.17) is 14.3 Å². The quantitative estimate of drug-likeness (QED) is 0.642. The largest absolute Gasteiger partial charge is 0.475 e. The number of amides is 1. The van der Waals surface area contributed by atoms with Crippen molar-refractivity contribution in [2.75, 3.05) is 11.6 Å². The van der Waals surface area contributed by atoms with E-state index in [0.717, 1.165) is 0 Å². The molecule has 8 heteroatoms. The normalized spacial score (nSPS) is 15.2. The van der Waals surface area contributed by atoms with Crippen molar-refractivity contribution in [1.29, 1.82) is 0 Å². The predicted molar refractivity (Wildman–Crippen MR) is 96.6 cm³/mol. The van der Waals surface area contributed by atoms with E-state index < -0.39 is 17.8 Å². The van der Waals surface area contributed by atoms with Crippen LogP contribution in [0.1, 0.15) is 40.5 Å². The highest BCUT2D eigenvalue weighted by molar-refractivity contribution is 6.32. The molecule has 0 radical (unpaired) electrons. The second-order valence-electron chi connectivity index (χ2n) is 5.64. The Balaban J connectivity index is 1.89. The van der Waals surface area contributed by atoms with E-state index in [1.54, 1.807) is 32.0 Å². The fraction of sp³-hybridized carbons (Fsp3) is 0.158. The Morgan fingerprint density at radius 2 is 2.07 bits per heavy atom. The molecule has 0 spiro atoms. The van der Waals surface area contributed by atoms with Gasteiger partial charge in [0.25, 0.3) is 5.91 Å². The van der Waals surface area contributed by atoms with Gasteiger partial charge in [-0.15, -0.1) is 0 Å². The maximum atomic E-state index is 12.7. The SMILES string of the molecule is CCOC(=O)c1cccc(N2N=C(C)/C(=C\c3ccc(C(=O)O)o3)C2=O)c1. The number of carboxylic acid groups (broad SMARTS) is 1. The van der Waals surface area contributed by atoms with Gasteiger partial charge in [-0.3, -0.25) is 4.79 Å². The van der Waals surface area contributed by atoms with E-state index in [1.165, 1.54) is 29.3 Å². The van der Waals surface area contributed by atoms with Gasteiger partial charge in [0.15, 0.2) is 0 Å². The molecule has 1 aromatic carbocycles. The van der Waals surface area contributed by atoms with Crippen molar-refractivity contribution < 1.29 is 28.6 Å². The zero-order chi connectivity index (χ0) is 19.6. The van der Waals surface area contributed by atoms with Crippen LogP contribution in [0.15, 0.2) is 51.5 Å². The predicted octanol–water partition coefficient (Wildman–Crippen LogP) is 2.96. The smallest absolute Gasteiger partial charge is 0.371 e. The number of furan rings is 1. The standard InChI is InChI=1S/C19H16N2O6/c1-3-26-19(25)12-5-4-6-13(9-12)21-17(22)15(11(2)20-21)10-14-7-8-16(27-14)18(23)24/h4-10H,3H2,1-2H3,(H,23,24)/b15-10+. The molecule has 1 aliphatic rings. The fourth-order valence-corrected chi connectivity index (χ4v) is 2.53. The summed E-state index contributed by atoms with van der Waals surface area (Å²) in [7, 11) is 0. The van der Waals surface area contributed by atoms with Crippen molar-refractivity contribution in [1.82, 2.24) is 0 Å². The zero-order valence-corrected chi connectivity index (χ0v) is 14.6. The maximum absolute atomic E-state index is 12.7. The molecule has 1 aliphatic heterocycles. The third-order valence-corrected chi connectivity index (χ3v) is 3.79. The number of rotatable bonds is 5. The number of hydrogen-bond acceptors (Lipinski definition) is 6. The highest BCUT2D eigenvalue weighted by Crippen LogP contribution is 2.26. The van der Waals surface area contributed by atoms with Gasteiger partial charge in [-0.05, 0) is 50.3 Å². The van der Waals surface area contributed by atoms with Gasteiger partial charge in [-0.25, -0.2) is 9.59 Å². The third kappa shape index (κ3) is 3.64. The van der Waals surface area contributed by atoms with Gasteiger partial charge in [0.1, 0.15) is 5.76 Å². The lowest BCUT2D eigenvalue weighted by atomic mass is 10.1. The number of anilines is 1. The van der Waals surface area contributed by atoms with E-state index in [0.29, 0.717) is 17.0 Å². The molecule has 0 unspecified atom stereocenters. The first-order chi connectivity index (χ1) is 12.9. The Hall–Kier alpha value is -3.68. The molecule has 0 saturated carbocycles. The monoisotopic (exact) mass is 368 g/mol. The summed E-state index contributed by atoms with van der Waals surface area (Å²) >= 11 is 0. The minimum Gasteiger partial charge on any atom is -0.475 e. The molecule has 0 saturated heterocycles. The molecule has 2 aromatic rings. The lowest BCUT2D eigenvalue weighted by Crippen LogP contribution is -2.21. The van der Waals surface area contributed by atoms with Gasteiger partial charge < -0.3 is 14.3 Å². The third-order valence-electron chi connectivity index (χ3n) is 3.79. The molecule has 138 valence electrons. The molecule has 3 rings (SSSR count). The van der Waals surface area contributed by atoms with Crippen LogP contribution in [-0.2, 0) is 9.53 Å². The first-order valence-electron chi connectivity index (χ1n) is 8.12. The number of carbonyl (C=O) groups is 3. The number of carboxylic acids is 1. The Kier molecular flexibility index (Phi) is 4.89. The van der Waals surface area contributed by atoms with E-state index in [2.05, 4.69) is 5.10 Å². The second kappa shape index (κ2) is 7.28. The molecule has 8 nitrogen and oxygen atoms in total. The zero-order valence-electron chi connectivity index (χ0n) is 14.6. The summed E-state index contributed by atoms with van der Waals surface area (Å²) in [4.78, 5) is 35.5. The topological polar surface area (TPSA) is 109 Å². The molecule has 1 amide bonds.